The van der Waals surface area contributed by atoms with Crippen molar-refractivity contribution < 1.29 is 0 Å². The van der Waals surface area contributed by atoms with Gasteiger partial charge in [-0.05, 0) is 107 Å². The number of benzene rings is 7. The monoisotopic (exact) mass is 870 g/mol. The molecule has 0 fully saturated rings. The van der Waals surface area contributed by atoms with Crippen LogP contribution in [-0.2, 0) is 12.8 Å². The molecule has 0 radical (unpaired) electrons. The van der Waals surface area contributed by atoms with Crippen molar-refractivity contribution in [3.05, 3.63) is 242 Å². The summed E-state index contributed by atoms with van der Waals surface area (Å²) in [5.41, 5.74) is 18.1. The summed E-state index contributed by atoms with van der Waals surface area (Å²) in [6, 6.07) is 80.9. The van der Waals surface area contributed by atoms with E-state index < -0.39 is 0 Å². The van der Waals surface area contributed by atoms with E-state index in [4.69, 9.17) is 19.9 Å². The van der Waals surface area contributed by atoms with Gasteiger partial charge in [0.05, 0.1) is 39.5 Å². The van der Waals surface area contributed by atoms with E-state index in [1.807, 2.05) is 42.5 Å². The van der Waals surface area contributed by atoms with Gasteiger partial charge >= 0.3 is 0 Å². The third kappa shape index (κ3) is 6.81. The van der Waals surface area contributed by atoms with Crippen LogP contribution < -0.4 is 0 Å². The standard InChI is InChI=1S/C62H42N6/c1-5-19-41(20-6-1)45-37-46(42-21-7-2-8-22-42)39-47(38-45)52-29-17-33-58(63-52)67-56-31-15-13-27-48(56)50-35-36-51-49-28-14-16-32-57(49)68(61(51)60(50)67)59-34-18-30-53(64-59)62-65-54(43-23-9-3-10-24-43)40-55(66-62)44-25-11-4-12-26-44/h1-34,37-40H,35-36H2. The normalized spacial score (nSPS) is 12.0. The lowest BCUT2D eigenvalue weighted by atomic mass is 9.92. The van der Waals surface area contributed by atoms with Crippen molar-refractivity contribution in [1.82, 2.24) is 29.1 Å². The second-order valence-corrected chi connectivity index (χ2v) is 17.3. The van der Waals surface area contributed by atoms with E-state index in [2.05, 4.69) is 197 Å². The van der Waals surface area contributed by atoms with E-state index in [0.29, 0.717) is 11.5 Å². The number of hydrogen-bond acceptors (Lipinski definition) is 4. The maximum atomic E-state index is 5.58. The SMILES string of the molecule is c1ccc(-c2cc(-c3ccccc3)cc(-c3cccc(-n4c5c(c6ccccc64)CCc4c-5n(-c5cccc(-c6nc(-c7ccccc7)cc(-c7ccccc7)n6)n5)c5ccccc45)n3)c2)cc1. The van der Waals surface area contributed by atoms with Gasteiger partial charge in [-0.1, -0.05) is 170 Å². The second-order valence-electron chi connectivity index (χ2n) is 17.3. The predicted octanol–water partition coefficient (Wildman–Crippen LogP) is 14.9. The van der Waals surface area contributed by atoms with Crippen LogP contribution in [0.25, 0.3) is 112 Å². The van der Waals surface area contributed by atoms with Crippen LogP contribution in [0.1, 0.15) is 11.1 Å². The number of rotatable bonds is 8. The van der Waals surface area contributed by atoms with Gasteiger partial charge in [0.25, 0.3) is 0 Å². The third-order valence-electron chi connectivity index (χ3n) is 13.3. The van der Waals surface area contributed by atoms with Gasteiger partial charge in [0.15, 0.2) is 5.82 Å². The van der Waals surface area contributed by atoms with E-state index in [-0.39, 0.29) is 0 Å². The van der Waals surface area contributed by atoms with Gasteiger partial charge in [-0.3, -0.25) is 9.13 Å². The fraction of sp³-hybridized carbons (Fsp3) is 0.0323. The summed E-state index contributed by atoms with van der Waals surface area (Å²) in [5.74, 6) is 2.23. The highest BCUT2D eigenvalue weighted by Gasteiger charge is 2.32. The minimum atomic E-state index is 0.569. The average Bonchev–Trinajstić information content (AvgIpc) is 3.95. The molecule has 320 valence electrons. The first-order valence-corrected chi connectivity index (χ1v) is 23.2. The first-order valence-electron chi connectivity index (χ1n) is 23.2. The first-order chi connectivity index (χ1) is 33.7. The van der Waals surface area contributed by atoms with Gasteiger partial charge in [-0.2, -0.15) is 0 Å². The molecule has 0 aliphatic heterocycles. The number of pyridine rings is 2. The molecule has 0 spiro atoms. The van der Waals surface area contributed by atoms with Crippen molar-refractivity contribution in [2.75, 3.05) is 0 Å². The Hall–Kier alpha value is -9.00. The fourth-order valence-electron chi connectivity index (χ4n) is 10.2. The highest BCUT2D eigenvalue weighted by molar-refractivity contribution is 6.00. The van der Waals surface area contributed by atoms with Crippen LogP contribution >= 0.6 is 0 Å². The van der Waals surface area contributed by atoms with Crippen LogP contribution in [0.4, 0.5) is 0 Å². The Bertz CT molecular complexity index is 3470. The third-order valence-corrected chi connectivity index (χ3v) is 13.3. The van der Waals surface area contributed by atoms with Crippen molar-refractivity contribution in [3.63, 3.8) is 0 Å². The zero-order valence-corrected chi connectivity index (χ0v) is 37.0. The summed E-state index contributed by atoms with van der Waals surface area (Å²) >= 11 is 0. The number of aromatic nitrogens is 6. The zero-order valence-electron chi connectivity index (χ0n) is 37.0. The topological polar surface area (TPSA) is 61.4 Å². The molecule has 7 aromatic carbocycles. The Morgan fingerprint density at radius 1 is 0.279 bits per heavy atom. The quantitative estimate of drug-likeness (QED) is 0.153. The summed E-state index contributed by atoms with van der Waals surface area (Å²) in [6.07, 6.45) is 1.80. The molecule has 0 unspecified atom stereocenters. The summed E-state index contributed by atoms with van der Waals surface area (Å²) in [4.78, 5) is 21.4. The fourth-order valence-corrected chi connectivity index (χ4v) is 10.2. The number of hydrogen-bond donors (Lipinski definition) is 0. The number of nitrogens with zero attached hydrogens (tertiary/aromatic N) is 6. The predicted molar refractivity (Wildman–Crippen MR) is 277 cm³/mol. The molecular formula is C62H42N6. The lowest BCUT2D eigenvalue weighted by Gasteiger charge is -2.21. The zero-order chi connectivity index (χ0) is 45.0. The van der Waals surface area contributed by atoms with Gasteiger partial charge in [0.2, 0.25) is 0 Å². The molecule has 0 atom stereocenters. The molecule has 5 heterocycles. The van der Waals surface area contributed by atoms with Crippen LogP contribution in [-0.4, -0.2) is 29.1 Å². The van der Waals surface area contributed by atoms with Gasteiger partial charge in [0, 0.05) is 27.5 Å². The van der Waals surface area contributed by atoms with E-state index in [0.717, 1.165) is 91.8 Å². The molecule has 5 aromatic heterocycles. The highest BCUT2D eigenvalue weighted by Crippen LogP contribution is 2.47. The highest BCUT2D eigenvalue weighted by atomic mass is 15.1. The van der Waals surface area contributed by atoms with Crippen LogP contribution in [0.3, 0.4) is 0 Å². The Morgan fingerprint density at radius 2 is 0.676 bits per heavy atom. The van der Waals surface area contributed by atoms with Gasteiger partial charge in [0.1, 0.15) is 17.3 Å². The molecule has 0 N–H and O–H groups in total. The summed E-state index contributed by atoms with van der Waals surface area (Å²) in [5, 5.41) is 2.45. The molecular weight excluding hydrogens is 829 g/mol. The number of aryl methyl sites for hydroxylation is 2. The Morgan fingerprint density at radius 3 is 1.16 bits per heavy atom. The maximum absolute atomic E-state index is 5.58. The van der Waals surface area contributed by atoms with Crippen LogP contribution in [0.5, 0.6) is 0 Å². The molecule has 1 aliphatic carbocycles. The Balaban J connectivity index is 1.01. The summed E-state index contributed by atoms with van der Waals surface area (Å²) in [6.45, 7) is 0. The van der Waals surface area contributed by atoms with Crippen molar-refractivity contribution >= 4 is 21.8 Å². The number of para-hydroxylation sites is 2. The van der Waals surface area contributed by atoms with Crippen molar-refractivity contribution in [1.29, 1.82) is 0 Å². The molecule has 6 nitrogen and oxygen atoms in total. The molecule has 12 aromatic rings. The minimum absolute atomic E-state index is 0.569. The molecule has 0 bridgehead atoms. The van der Waals surface area contributed by atoms with Crippen molar-refractivity contribution in [2.45, 2.75) is 12.8 Å². The van der Waals surface area contributed by atoms with E-state index in [9.17, 15) is 0 Å². The summed E-state index contributed by atoms with van der Waals surface area (Å²) in [7, 11) is 0. The molecule has 68 heavy (non-hydrogen) atoms. The molecule has 13 rings (SSSR count). The smallest absolute Gasteiger partial charge is 0.179 e. The largest absolute Gasteiger partial charge is 0.292 e. The molecule has 0 saturated heterocycles. The van der Waals surface area contributed by atoms with Gasteiger partial charge < -0.3 is 0 Å². The van der Waals surface area contributed by atoms with Crippen LogP contribution in [0.15, 0.2) is 231 Å². The van der Waals surface area contributed by atoms with E-state index in [1.54, 1.807) is 0 Å². The molecule has 0 saturated carbocycles. The van der Waals surface area contributed by atoms with E-state index >= 15 is 0 Å². The van der Waals surface area contributed by atoms with Crippen LogP contribution in [0, 0.1) is 0 Å². The summed E-state index contributed by atoms with van der Waals surface area (Å²) < 4.78 is 4.75. The minimum Gasteiger partial charge on any atom is -0.292 e. The Labute approximate surface area is 394 Å². The maximum Gasteiger partial charge on any atom is 0.179 e. The van der Waals surface area contributed by atoms with Crippen molar-refractivity contribution in [3.8, 4) is 90.6 Å². The average molecular weight is 871 g/mol. The number of fused-ring (bicyclic) bond motifs is 7. The van der Waals surface area contributed by atoms with Gasteiger partial charge in [-0.25, -0.2) is 19.9 Å². The lowest BCUT2D eigenvalue weighted by molar-refractivity contribution is 0.907. The van der Waals surface area contributed by atoms with Crippen molar-refractivity contribution in [2.24, 2.45) is 0 Å². The first kappa shape index (κ1) is 39.4. The lowest BCUT2D eigenvalue weighted by Crippen LogP contribution is -2.11. The second kappa shape index (κ2) is 16.5. The Kier molecular flexibility index (Phi) is 9.53. The molecule has 6 heteroatoms. The van der Waals surface area contributed by atoms with Crippen LogP contribution in [0.2, 0.25) is 0 Å². The van der Waals surface area contributed by atoms with Gasteiger partial charge in [-0.15, -0.1) is 0 Å². The molecule has 1 aliphatic rings. The van der Waals surface area contributed by atoms with E-state index in [1.165, 1.54) is 33.0 Å². The molecule has 0 amide bonds.